The van der Waals surface area contributed by atoms with Crippen molar-refractivity contribution in [3.8, 4) is 5.75 Å². The predicted molar refractivity (Wildman–Crippen MR) is 75.1 cm³/mol. The minimum atomic E-state index is -0.378. The number of rotatable bonds is 4. The first-order valence-electron chi connectivity index (χ1n) is 5.71. The standard InChI is InChI=1S/C15H12BrFO2/c1-19-15-9-13(17)7-4-11(15)8-14(18)10-2-5-12(16)6-3-10/h2-7,9H,8H2,1H3. The van der Waals surface area contributed by atoms with Gasteiger partial charge in [0.1, 0.15) is 11.6 Å². The Bertz CT molecular complexity index is 594. The van der Waals surface area contributed by atoms with Crippen molar-refractivity contribution in [1.29, 1.82) is 0 Å². The molecule has 2 rings (SSSR count). The van der Waals surface area contributed by atoms with Gasteiger partial charge in [-0.2, -0.15) is 0 Å². The number of hydrogen-bond acceptors (Lipinski definition) is 2. The Morgan fingerprint density at radius 2 is 1.89 bits per heavy atom. The fraction of sp³-hybridized carbons (Fsp3) is 0.133. The minimum Gasteiger partial charge on any atom is -0.496 e. The summed E-state index contributed by atoms with van der Waals surface area (Å²) in [5, 5.41) is 0. The third-order valence-corrected chi connectivity index (χ3v) is 3.29. The van der Waals surface area contributed by atoms with E-state index in [1.54, 1.807) is 18.2 Å². The highest BCUT2D eigenvalue weighted by atomic mass is 79.9. The summed E-state index contributed by atoms with van der Waals surface area (Å²) in [5.41, 5.74) is 1.30. The van der Waals surface area contributed by atoms with Gasteiger partial charge in [0.05, 0.1) is 7.11 Å². The molecule has 0 bridgehead atoms. The van der Waals surface area contributed by atoms with Gasteiger partial charge < -0.3 is 4.74 Å². The van der Waals surface area contributed by atoms with Crippen molar-refractivity contribution < 1.29 is 13.9 Å². The van der Waals surface area contributed by atoms with Crippen LogP contribution in [0.5, 0.6) is 5.75 Å². The highest BCUT2D eigenvalue weighted by Crippen LogP contribution is 2.21. The fourth-order valence-corrected chi connectivity index (χ4v) is 2.04. The van der Waals surface area contributed by atoms with Crippen LogP contribution in [-0.4, -0.2) is 12.9 Å². The third-order valence-electron chi connectivity index (χ3n) is 2.77. The van der Waals surface area contributed by atoms with E-state index in [0.717, 1.165) is 4.47 Å². The zero-order valence-corrected chi connectivity index (χ0v) is 11.9. The van der Waals surface area contributed by atoms with E-state index >= 15 is 0 Å². The van der Waals surface area contributed by atoms with Gasteiger partial charge in [0.15, 0.2) is 5.78 Å². The third kappa shape index (κ3) is 3.41. The van der Waals surface area contributed by atoms with E-state index in [9.17, 15) is 9.18 Å². The Hall–Kier alpha value is -1.68. The Labute approximate surface area is 119 Å². The molecule has 2 nitrogen and oxygen atoms in total. The molecule has 98 valence electrons. The second kappa shape index (κ2) is 5.97. The molecule has 0 saturated heterocycles. The van der Waals surface area contributed by atoms with E-state index in [1.807, 2.05) is 12.1 Å². The molecule has 0 aromatic heterocycles. The molecule has 0 fully saturated rings. The van der Waals surface area contributed by atoms with Crippen LogP contribution in [0.25, 0.3) is 0 Å². The van der Waals surface area contributed by atoms with E-state index in [0.29, 0.717) is 16.9 Å². The maximum Gasteiger partial charge on any atom is 0.167 e. The number of hydrogen-bond donors (Lipinski definition) is 0. The van der Waals surface area contributed by atoms with Gasteiger partial charge in [0, 0.05) is 28.1 Å². The number of benzene rings is 2. The lowest BCUT2D eigenvalue weighted by Gasteiger charge is -2.08. The van der Waals surface area contributed by atoms with Crippen LogP contribution < -0.4 is 4.74 Å². The highest BCUT2D eigenvalue weighted by molar-refractivity contribution is 9.10. The van der Waals surface area contributed by atoms with Crippen LogP contribution in [0.2, 0.25) is 0 Å². The number of halogens is 2. The topological polar surface area (TPSA) is 26.3 Å². The maximum absolute atomic E-state index is 13.1. The number of methoxy groups -OCH3 is 1. The second-order valence-electron chi connectivity index (χ2n) is 4.06. The van der Waals surface area contributed by atoms with Gasteiger partial charge in [-0.05, 0) is 18.2 Å². The van der Waals surface area contributed by atoms with Gasteiger partial charge in [-0.3, -0.25) is 4.79 Å². The molecule has 0 saturated carbocycles. The lowest BCUT2D eigenvalue weighted by molar-refractivity contribution is 0.0992. The first-order valence-corrected chi connectivity index (χ1v) is 6.50. The zero-order valence-electron chi connectivity index (χ0n) is 10.3. The summed E-state index contributed by atoms with van der Waals surface area (Å²) in [5.74, 6) is -0.0143. The number of carbonyl (C=O) groups is 1. The van der Waals surface area contributed by atoms with Gasteiger partial charge in [-0.15, -0.1) is 0 Å². The van der Waals surface area contributed by atoms with Crippen LogP contribution >= 0.6 is 15.9 Å². The van der Waals surface area contributed by atoms with Crippen molar-refractivity contribution in [2.75, 3.05) is 7.11 Å². The number of carbonyl (C=O) groups excluding carboxylic acids is 1. The minimum absolute atomic E-state index is 0.0302. The van der Waals surface area contributed by atoms with Crippen molar-refractivity contribution >= 4 is 21.7 Å². The molecule has 0 radical (unpaired) electrons. The molecule has 0 N–H and O–H groups in total. The largest absolute Gasteiger partial charge is 0.496 e. The van der Waals surface area contributed by atoms with Crippen LogP contribution in [0.1, 0.15) is 15.9 Å². The monoisotopic (exact) mass is 322 g/mol. The first kappa shape index (κ1) is 13.7. The molecule has 0 spiro atoms. The molecule has 0 aliphatic rings. The van der Waals surface area contributed by atoms with E-state index in [4.69, 9.17) is 4.74 Å². The van der Waals surface area contributed by atoms with Gasteiger partial charge >= 0.3 is 0 Å². The first-order chi connectivity index (χ1) is 9.10. The normalized spacial score (nSPS) is 10.3. The van der Waals surface area contributed by atoms with Crippen LogP contribution in [0, 0.1) is 5.82 Å². The summed E-state index contributed by atoms with van der Waals surface area (Å²) in [7, 11) is 1.46. The molecular formula is C15H12BrFO2. The summed E-state index contributed by atoms with van der Waals surface area (Å²) < 4.78 is 19.1. The van der Waals surface area contributed by atoms with Gasteiger partial charge in [-0.25, -0.2) is 4.39 Å². The molecular weight excluding hydrogens is 311 g/mol. The zero-order chi connectivity index (χ0) is 13.8. The maximum atomic E-state index is 13.1. The molecule has 19 heavy (non-hydrogen) atoms. The van der Waals surface area contributed by atoms with Crippen LogP contribution in [0.4, 0.5) is 4.39 Å². The van der Waals surface area contributed by atoms with Gasteiger partial charge in [0.25, 0.3) is 0 Å². The van der Waals surface area contributed by atoms with E-state index < -0.39 is 0 Å². The quantitative estimate of drug-likeness (QED) is 0.795. The van der Waals surface area contributed by atoms with Crippen LogP contribution in [-0.2, 0) is 6.42 Å². The molecule has 2 aromatic carbocycles. The van der Waals surface area contributed by atoms with Crippen LogP contribution in [0.3, 0.4) is 0 Å². The van der Waals surface area contributed by atoms with Crippen molar-refractivity contribution in [2.45, 2.75) is 6.42 Å². The van der Waals surface area contributed by atoms with Gasteiger partial charge in [-0.1, -0.05) is 34.1 Å². The van der Waals surface area contributed by atoms with E-state index in [-0.39, 0.29) is 18.0 Å². The molecule has 0 amide bonds. The summed E-state index contributed by atoms with van der Waals surface area (Å²) in [6.07, 6.45) is 0.186. The molecule has 0 heterocycles. The summed E-state index contributed by atoms with van der Waals surface area (Å²) >= 11 is 3.32. The Morgan fingerprint density at radius 1 is 1.21 bits per heavy atom. The van der Waals surface area contributed by atoms with E-state index in [1.165, 1.54) is 19.2 Å². The summed E-state index contributed by atoms with van der Waals surface area (Å²) in [4.78, 5) is 12.1. The summed E-state index contributed by atoms with van der Waals surface area (Å²) in [6.45, 7) is 0. The SMILES string of the molecule is COc1cc(F)ccc1CC(=O)c1ccc(Br)cc1. The molecule has 0 aliphatic carbocycles. The van der Waals surface area contributed by atoms with Crippen molar-refractivity contribution in [3.63, 3.8) is 0 Å². The molecule has 4 heteroatoms. The number of Topliss-reactive ketones (excluding diaryl/α,β-unsaturated/α-hetero) is 1. The lowest BCUT2D eigenvalue weighted by Crippen LogP contribution is -2.05. The molecule has 0 aliphatic heterocycles. The average molecular weight is 323 g/mol. The van der Waals surface area contributed by atoms with Crippen molar-refractivity contribution in [2.24, 2.45) is 0 Å². The number of ketones is 1. The van der Waals surface area contributed by atoms with Crippen LogP contribution in [0.15, 0.2) is 46.9 Å². The Balaban J connectivity index is 2.21. The number of ether oxygens (including phenoxy) is 1. The van der Waals surface area contributed by atoms with Crippen molar-refractivity contribution in [1.82, 2.24) is 0 Å². The Morgan fingerprint density at radius 3 is 2.53 bits per heavy atom. The van der Waals surface area contributed by atoms with E-state index in [2.05, 4.69) is 15.9 Å². The molecule has 2 aromatic rings. The Kier molecular flexibility index (Phi) is 4.32. The smallest absolute Gasteiger partial charge is 0.167 e. The summed E-state index contributed by atoms with van der Waals surface area (Å²) in [6, 6.07) is 11.3. The van der Waals surface area contributed by atoms with Gasteiger partial charge in [0.2, 0.25) is 0 Å². The second-order valence-corrected chi connectivity index (χ2v) is 4.98. The lowest BCUT2D eigenvalue weighted by atomic mass is 10.0. The predicted octanol–water partition coefficient (Wildman–Crippen LogP) is 4.02. The highest BCUT2D eigenvalue weighted by Gasteiger charge is 2.11. The molecule has 0 unspecified atom stereocenters. The molecule has 0 atom stereocenters. The average Bonchev–Trinajstić information content (AvgIpc) is 2.41. The fourth-order valence-electron chi connectivity index (χ4n) is 1.78. The van der Waals surface area contributed by atoms with Crippen molar-refractivity contribution in [3.05, 3.63) is 63.9 Å².